The Hall–Kier alpha value is -0.910. The van der Waals surface area contributed by atoms with Crippen molar-refractivity contribution < 1.29 is 8.42 Å². The van der Waals surface area contributed by atoms with Gasteiger partial charge in [-0.1, -0.05) is 37.0 Å². The van der Waals surface area contributed by atoms with Crippen LogP contribution in [0.4, 0.5) is 0 Å². The van der Waals surface area contributed by atoms with Crippen LogP contribution in [0.1, 0.15) is 48.8 Å². The molecule has 2 rings (SSSR count). The Morgan fingerprint density at radius 2 is 1.62 bits per heavy atom. The highest BCUT2D eigenvalue weighted by Crippen LogP contribution is 2.26. The average molecular weight is 310 g/mol. The summed E-state index contributed by atoms with van der Waals surface area (Å²) in [6.45, 7) is 5.98. The molecule has 0 atom stereocenters. The van der Waals surface area contributed by atoms with Gasteiger partial charge in [0, 0.05) is 12.1 Å². The lowest BCUT2D eigenvalue weighted by molar-refractivity contribution is 0.296. The Morgan fingerprint density at radius 1 is 1.10 bits per heavy atom. The summed E-state index contributed by atoms with van der Waals surface area (Å²) in [6.07, 6.45) is 5.15. The molecule has 0 saturated heterocycles. The minimum absolute atomic E-state index is 0.322. The molecule has 1 fully saturated rings. The highest BCUT2D eigenvalue weighted by Gasteiger charge is 2.30. The SMILES string of the molecule is Cc1cc(C)c(S(=O)(=O)NCC2(N)CCCCC2)c(C)c1. The Balaban J connectivity index is 2.19. The summed E-state index contributed by atoms with van der Waals surface area (Å²) < 4.78 is 27.9. The highest BCUT2D eigenvalue weighted by atomic mass is 32.2. The number of rotatable bonds is 4. The van der Waals surface area contributed by atoms with Gasteiger partial charge in [-0.15, -0.1) is 0 Å². The van der Waals surface area contributed by atoms with E-state index in [1.807, 2.05) is 32.9 Å². The minimum atomic E-state index is -3.51. The van der Waals surface area contributed by atoms with Crippen LogP contribution >= 0.6 is 0 Å². The van der Waals surface area contributed by atoms with E-state index in [0.29, 0.717) is 11.4 Å². The van der Waals surface area contributed by atoms with Crippen LogP contribution in [0.5, 0.6) is 0 Å². The Bertz CT molecular complexity index is 594. The molecule has 1 aliphatic carbocycles. The lowest BCUT2D eigenvalue weighted by Crippen LogP contribution is -2.51. The molecule has 0 heterocycles. The smallest absolute Gasteiger partial charge is 0.241 e. The first kappa shape index (κ1) is 16.5. The quantitative estimate of drug-likeness (QED) is 0.897. The second-order valence-electron chi connectivity index (χ2n) is 6.48. The van der Waals surface area contributed by atoms with E-state index in [2.05, 4.69) is 4.72 Å². The van der Waals surface area contributed by atoms with E-state index in [9.17, 15) is 8.42 Å². The molecule has 118 valence electrons. The molecule has 0 amide bonds. The Morgan fingerprint density at radius 3 is 2.14 bits per heavy atom. The fourth-order valence-electron chi connectivity index (χ4n) is 3.33. The van der Waals surface area contributed by atoms with Gasteiger partial charge in [0.2, 0.25) is 10.0 Å². The van der Waals surface area contributed by atoms with Gasteiger partial charge < -0.3 is 5.73 Å². The summed E-state index contributed by atoms with van der Waals surface area (Å²) >= 11 is 0. The van der Waals surface area contributed by atoms with Crippen LogP contribution in [0.15, 0.2) is 17.0 Å². The third-order valence-electron chi connectivity index (χ3n) is 4.34. The first-order valence-electron chi connectivity index (χ1n) is 7.60. The summed E-state index contributed by atoms with van der Waals surface area (Å²) in [5.74, 6) is 0. The van der Waals surface area contributed by atoms with Crippen molar-refractivity contribution in [3.63, 3.8) is 0 Å². The summed E-state index contributed by atoms with van der Waals surface area (Å²) in [4.78, 5) is 0.396. The zero-order valence-electron chi connectivity index (χ0n) is 13.2. The normalized spacial score (nSPS) is 18.7. The van der Waals surface area contributed by atoms with Gasteiger partial charge in [0.1, 0.15) is 0 Å². The lowest BCUT2D eigenvalue weighted by atomic mass is 9.83. The third-order valence-corrected chi connectivity index (χ3v) is 6.04. The van der Waals surface area contributed by atoms with E-state index >= 15 is 0 Å². The standard InChI is InChI=1S/C16H26N2O2S/c1-12-9-13(2)15(14(3)10-12)21(19,20)18-11-16(17)7-5-4-6-8-16/h9-10,18H,4-8,11,17H2,1-3H3. The predicted molar refractivity (Wildman–Crippen MR) is 85.8 cm³/mol. The van der Waals surface area contributed by atoms with Gasteiger partial charge in [0.25, 0.3) is 0 Å². The monoisotopic (exact) mass is 310 g/mol. The molecule has 0 aliphatic heterocycles. The van der Waals surface area contributed by atoms with Crippen LogP contribution in [0.2, 0.25) is 0 Å². The number of aryl methyl sites for hydroxylation is 3. The maximum absolute atomic E-state index is 12.6. The molecule has 21 heavy (non-hydrogen) atoms. The molecule has 0 unspecified atom stereocenters. The van der Waals surface area contributed by atoms with Gasteiger partial charge in [-0.2, -0.15) is 0 Å². The summed E-state index contributed by atoms with van der Waals surface area (Å²) in [5, 5.41) is 0. The predicted octanol–water partition coefficient (Wildman–Crippen LogP) is 2.55. The molecule has 0 aromatic heterocycles. The molecule has 4 nitrogen and oxygen atoms in total. The maximum Gasteiger partial charge on any atom is 0.241 e. The first-order valence-corrected chi connectivity index (χ1v) is 9.08. The zero-order valence-corrected chi connectivity index (χ0v) is 14.0. The van der Waals surface area contributed by atoms with Gasteiger partial charge in [-0.3, -0.25) is 0 Å². The van der Waals surface area contributed by atoms with E-state index in [1.54, 1.807) is 0 Å². The van der Waals surface area contributed by atoms with E-state index in [-0.39, 0.29) is 0 Å². The van der Waals surface area contributed by atoms with Crippen molar-refractivity contribution in [3.05, 3.63) is 28.8 Å². The number of benzene rings is 1. The minimum Gasteiger partial charge on any atom is -0.324 e. The summed E-state index contributed by atoms with van der Waals surface area (Å²) in [5.41, 5.74) is 8.58. The summed E-state index contributed by atoms with van der Waals surface area (Å²) in [7, 11) is -3.51. The highest BCUT2D eigenvalue weighted by molar-refractivity contribution is 7.89. The molecule has 0 radical (unpaired) electrons. The molecule has 1 aromatic rings. The van der Waals surface area contributed by atoms with Crippen molar-refractivity contribution in [1.82, 2.24) is 4.72 Å². The first-order chi connectivity index (χ1) is 9.73. The van der Waals surface area contributed by atoms with Gasteiger partial charge >= 0.3 is 0 Å². The van der Waals surface area contributed by atoms with Crippen molar-refractivity contribution in [2.45, 2.75) is 63.3 Å². The van der Waals surface area contributed by atoms with Crippen molar-refractivity contribution in [2.24, 2.45) is 5.73 Å². The molecule has 5 heteroatoms. The molecule has 1 aromatic carbocycles. The van der Waals surface area contributed by atoms with Crippen molar-refractivity contribution in [1.29, 1.82) is 0 Å². The Kier molecular flexibility index (Phi) is 4.76. The van der Waals surface area contributed by atoms with Crippen LogP contribution in [-0.2, 0) is 10.0 Å². The van der Waals surface area contributed by atoms with Crippen molar-refractivity contribution in [2.75, 3.05) is 6.54 Å². The number of hydrogen-bond acceptors (Lipinski definition) is 3. The number of hydrogen-bond donors (Lipinski definition) is 2. The molecule has 1 aliphatic rings. The van der Waals surface area contributed by atoms with E-state index in [1.165, 1.54) is 6.42 Å². The number of nitrogens with one attached hydrogen (secondary N) is 1. The number of nitrogens with two attached hydrogens (primary N) is 1. The van der Waals surface area contributed by atoms with Gasteiger partial charge in [0.15, 0.2) is 0 Å². The second-order valence-corrected chi connectivity index (χ2v) is 8.18. The second kappa shape index (κ2) is 6.07. The zero-order chi connectivity index (χ0) is 15.7. The van der Waals surface area contributed by atoms with Gasteiger partial charge in [-0.05, 0) is 44.7 Å². The third kappa shape index (κ3) is 3.84. The van der Waals surface area contributed by atoms with Crippen molar-refractivity contribution >= 4 is 10.0 Å². The molecular formula is C16H26N2O2S. The van der Waals surface area contributed by atoms with E-state index in [0.717, 1.165) is 42.4 Å². The summed E-state index contributed by atoms with van der Waals surface area (Å²) in [6, 6.07) is 3.81. The van der Waals surface area contributed by atoms with Crippen LogP contribution in [0.25, 0.3) is 0 Å². The topological polar surface area (TPSA) is 72.2 Å². The largest absolute Gasteiger partial charge is 0.324 e. The van der Waals surface area contributed by atoms with Crippen LogP contribution in [-0.4, -0.2) is 20.5 Å². The van der Waals surface area contributed by atoms with Gasteiger partial charge in [0.05, 0.1) is 4.90 Å². The Labute approximate surface area is 128 Å². The van der Waals surface area contributed by atoms with E-state index < -0.39 is 15.6 Å². The molecule has 1 saturated carbocycles. The van der Waals surface area contributed by atoms with Crippen molar-refractivity contribution in [3.8, 4) is 0 Å². The fourth-order valence-corrected chi connectivity index (χ4v) is 4.92. The van der Waals surface area contributed by atoms with Crippen LogP contribution < -0.4 is 10.5 Å². The number of sulfonamides is 1. The molecular weight excluding hydrogens is 284 g/mol. The molecule has 0 spiro atoms. The molecule has 3 N–H and O–H groups in total. The maximum atomic E-state index is 12.6. The fraction of sp³-hybridized carbons (Fsp3) is 0.625. The van der Waals surface area contributed by atoms with E-state index in [4.69, 9.17) is 5.73 Å². The lowest BCUT2D eigenvalue weighted by Gasteiger charge is -2.33. The van der Waals surface area contributed by atoms with Gasteiger partial charge in [-0.25, -0.2) is 13.1 Å². The average Bonchev–Trinajstić information content (AvgIpc) is 2.36. The molecule has 0 bridgehead atoms. The van der Waals surface area contributed by atoms with Crippen LogP contribution in [0, 0.1) is 20.8 Å². The van der Waals surface area contributed by atoms with Crippen LogP contribution in [0.3, 0.4) is 0 Å².